The summed E-state index contributed by atoms with van der Waals surface area (Å²) in [6.07, 6.45) is 3.01. The maximum Gasteiger partial charge on any atom is 0.221 e. The highest BCUT2D eigenvalue weighted by atomic mass is 32.1. The maximum absolute atomic E-state index is 12.1. The molecular weight excluding hydrogens is 396 g/mol. The number of thiophene rings is 1. The van der Waals surface area contributed by atoms with Crippen molar-refractivity contribution in [1.29, 1.82) is 0 Å². The molecule has 0 radical (unpaired) electrons. The molecule has 0 fully saturated rings. The topological polar surface area (TPSA) is 76.1 Å². The highest BCUT2D eigenvalue weighted by Gasteiger charge is 2.16. The summed E-state index contributed by atoms with van der Waals surface area (Å²) in [6.45, 7) is 10.0. The standard InChI is InChI=1S/C23H30N4O2S/c1-15(2)29-13-5-11-24-19(28)10-12-25-22-21-20(18-8-6-16(3)7-9-18)17(4)30-23(21)27-14-26-22/h6-9,14-15H,5,10-13H2,1-4H3,(H,24,28)(H,25,26,27). The Bertz CT molecular complexity index is 983. The summed E-state index contributed by atoms with van der Waals surface area (Å²) in [7, 11) is 0. The first-order valence-electron chi connectivity index (χ1n) is 10.4. The van der Waals surface area contributed by atoms with Gasteiger partial charge >= 0.3 is 0 Å². The molecule has 0 saturated heterocycles. The molecule has 7 heteroatoms. The average molecular weight is 427 g/mol. The number of hydrogen-bond acceptors (Lipinski definition) is 6. The second-order valence-electron chi connectivity index (χ2n) is 7.60. The molecule has 160 valence electrons. The van der Waals surface area contributed by atoms with Gasteiger partial charge in [0.15, 0.2) is 0 Å². The van der Waals surface area contributed by atoms with E-state index in [1.165, 1.54) is 10.4 Å². The van der Waals surface area contributed by atoms with Crippen LogP contribution in [-0.4, -0.2) is 41.7 Å². The van der Waals surface area contributed by atoms with Gasteiger partial charge in [-0.1, -0.05) is 29.8 Å². The number of rotatable bonds is 10. The zero-order valence-electron chi connectivity index (χ0n) is 18.1. The predicted molar refractivity (Wildman–Crippen MR) is 124 cm³/mol. The van der Waals surface area contributed by atoms with Gasteiger partial charge in [-0.2, -0.15) is 0 Å². The van der Waals surface area contributed by atoms with Gasteiger partial charge in [0.25, 0.3) is 0 Å². The Morgan fingerprint density at radius 1 is 1.13 bits per heavy atom. The molecule has 0 aliphatic heterocycles. The molecule has 2 N–H and O–H groups in total. The van der Waals surface area contributed by atoms with E-state index < -0.39 is 0 Å². The number of nitrogens with zero attached hydrogens (tertiary/aromatic N) is 2. The minimum atomic E-state index is 0.0256. The Labute approximate surface area is 182 Å². The predicted octanol–water partition coefficient (Wildman–Crippen LogP) is 4.71. The summed E-state index contributed by atoms with van der Waals surface area (Å²) in [5.41, 5.74) is 3.54. The molecule has 0 aliphatic carbocycles. The molecule has 3 aromatic rings. The lowest BCUT2D eigenvalue weighted by molar-refractivity contribution is -0.120. The lowest BCUT2D eigenvalue weighted by Crippen LogP contribution is -2.27. The fourth-order valence-electron chi connectivity index (χ4n) is 3.25. The van der Waals surface area contributed by atoms with Gasteiger partial charge in [0.05, 0.1) is 11.5 Å². The lowest BCUT2D eigenvalue weighted by Gasteiger charge is -2.10. The Morgan fingerprint density at radius 3 is 2.63 bits per heavy atom. The van der Waals surface area contributed by atoms with Crippen LogP contribution in [-0.2, 0) is 9.53 Å². The van der Waals surface area contributed by atoms with E-state index in [1.807, 2.05) is 13.8 Å². The van der Waals surface area contributed by atoms with Crippen LogP contribution in [0.25, 0.3) is 21.3 Å². The van der Waals surface area contributed by atoms with Crippen molar-refractivity contribution in [1.82, 2.24) is 15.3 Å². The van der Waals surface area contributed by atoms with Gasteiger partial charge < -0.3 is 15.4 Å². The highest BCUT2D eigenvalue weighted by molar-refractivity contribution is 7.19. The van der Waals surface area contributed by atoms with Gasteiger partial charge in [-0.3, -0.25) is 4.79 Å². The third-order valence-corrected chi connectivity index (χ3v) is 5.76. The first-order chi connectivity index (χ1) is 14.5. The quantitative estimate of drug-likeness (QED) is 0.459. The summed E-state index contributed by atoms with van der Waals surface area (Å²) in [6, 6.07) is 8.51. The summed E-state index contributed by atoms with van der Waals surface area (Å²) in [5.74, 6) is 0.802. The molecule has 0 spiro atoms. The number of anilines is 1. The number of aromatic nitrogens is 2. The summed E-state index contributed by atoms with van der Waals surface area (Å²) in [5, 5.41) is 7.30. The minimum Gasteiger partial charge on any atom is -0.379 e. The van der Waals surface area contributed by atoms with Gasteiger partial charge in [0.1, 0.15) is 17.0 Å². The molecule has 1 amide bonds. The van der Waals surface area contributed by atoms with Crippen LogP contribution in [0.4, 0.5) is 5.82 Å². The van der Waals surface area contributed by atoms with Crippen LogP contribution < -0.4 is 10.6 Å². The number of aryl methyl sites for hydroxylation is 2. The Morgan fingerprint density at radius 2 is 1.90 bits per heavy atom. The molecule has 2 aromatic heterocycles. The van der Waals surface area contributed by atoms with E-state index in [0.717, 1.165) is 33.6 Å². The fraction of sp³-hybridized carbons (Fsp3) is 0.435. The fourth-order valence-corrected chi connectivity index (χ4v) is 4.26. The van der Waals surface area contributed by atoms with Crippen LogP contribution in [0.2, 0.25) is 0 Å². The number of benzene rings is 1. The van der Waals surface area contributed by atoms with Crippen molar-refractivity contribution in [3.8, 4) is 11.1 Å². The molecule has 0 atom stereocenters. The van der Waals surface area contributed by atoms with E-state index in [0.29, 0.717) is 26.1 Å². The maximum atomic E-state index is 12.1. The second-order valence-corrected chi connectivity index (χ2v) is 8.80. The van der Waals surface area contributed by atoms with E-state index in [-0.39, 0.29) is 12.0 Å². The van der Waals surface area contributed by atoms with Crippen LogP contribution in [0.15, 0.2) is 30.6 Å². The smallest absolute Gasteiger partial charge is 0.221 e. The second kappa shape index (κ2) is 10.5. The number of nitrogens with one attached hydrogen (secondary N) is 2. The van der Waals surface area contributed by atoms with E-state index in [4.69, 9.17) is 4.74 Å². The average Bonchev–Trinajstić information content (AvgIpc) is 3.05. The molecule has 2 heterocycles. The van der Waals surface area contributed by atoms with Crippen molar-refractivity contribution in [2.75, 3.05) is 25.0 Å². The molecule has 0 bridgehead atoms. The van der Waals surface area contributed by atoms with Crippen molar-refractivity contribution in [3.05, 3.63) is 41.0 Å². The van der Waals surface area contributed by atoms with Crippen molar-refractivity contribution < 1.29 is 9.53 Å². The van der Waals surface area contributed by atoms with Crippen LogP contribution in [0, 0.1) is 13.8 Å². The molecular formula is C23H30N4O2S. The van der Waals surface area contributed by atoms with Crippen LogP contribution in [0.5, 0.6) is 0 Å². The number of fused-ring (bicyclic) bond motifs is 1. The van der Waals surface area contributed by atoms with Crippen LogP contribution in [0.1, 0.15) is 37.1 Å². The van der Waals surface area contributed by atoms with Gasteiger partial charge in [0.2, 0.25) is 5.91 Å². The molecule has 1 aromatic carbocycles. The molecule has 0 saturated carbocycles. The Balaban J connectivity index is 1.63. The van der Waals surface area contributed by atoms with Crippen molar-refractivity contribution in [2.24, 2.45) is 0 Å². The number of carbonyl (C=O) groups is 1. The number of carbonyl (C=O) groups excluding carboxylic acids is 1. The van der Waals surface area contributed by atoms with E-state index in [9.17, 15) is 4.79 Å². The normalized spacial score (nSPS) is 11.2. The highest BCUT2D eigenvalue weighted by Crippen LogP contribution is 2.40. The Kier molecular flexibility index (Phi) is 7.76. The molecule has 3 rings (SSSR count). The van der Waals surface area contributed by atoms with Crippen LogP contribution in [0.3, 0.4) is 0 Å². The van der Waals surface area contributed by atoms with Crippen molar-refractivity contribution in [3.63, 3.8) is 0 Å². The van der Waals surface area contributed by atoms with Crippen molar-refractivity contribution >= 4 is 33.3 Å². The van der Waals surface area contributed by atoms with Gasteiger partial charge in [-0.25, -0.2) is 9.97 Å². The lowest BCUT2D eigenvalue weighted by atomic mass is 10.0. The zero-order chi connectivity index (χ0) is 21.5. The van der Waals surface area contributed by atoms with E-state index in [1.54, 1.807) is 17.7 Å². The SMILES string of the molecule is Cc1ccc(-c2c(C)sc3ncnc(NCCC(=O)NCCCOC(C)C)c23)cc1. The third kappa shape index (κ3) is 5.77. The van der Waals surface area contributed by atoms with Gasteiger partial charge in [-0.15, -0.1) is 11.3 Å². The first-order valence-corrected chi connectivity index (χ1v) is 11.2. The first kappa shape index (κ1) is 22.2. The zero-order valence-corrected chi connectivity index (χ0v) is 18.9. The minimum absolute atomic E-state index is 0.0256. The molecule has 30 heavy (non-hydrogen) atoms. The number of ether oxygens (including phenoxy) is 1. The molecule has 0 aliphatic rings. The monoisotopic (exact) mass is 426 g/mol. The van der Waals surface area contributed by atoms with Gasteiger partial charge in [-0.05, 0) is 39.7 Å². The Hall–Kier alpha value is -2.51. The van der Waals surface area contributed by atoms with E-state index in [2.05, 4.69) is 58.7 Å². The molecule has 0 unspecified atom stereocenters. The van der Waals surface area contributed by atoms with Gasteiger partial charge in [0, 0.05) is 36.6 Å². The van der Waals surface area contributed by atoms with E-state index >= 15 is 0 Å². The number of amides is 1. The third-order valence-electron chi connectivity index (χ3n) is 4.74. The number of hydrogen-bond donors (Lipinski definition) is 2. The van der Waals surface area contributed by atoms with Crippen LogP contribution >= 0.6 is 11.3 Å². The summed E-state index contributed by atoms with van der Waals surface area (Å²) >= 11 is 1.67. The largest absolute Gasteiger partial charge is 0.379 e. The summed E-state index contributed by atoms with van der Waals surface area (Å²) < 4.78 is 5.48. The molecule has 6 nitrogen and oxygen atoms in total. The summed E-state index contributed by atoms with van der Waals surface area (Å²) in [4.78, 5) is 23.2. The van der Waals surface area contributed by atoms with Crippen molar-refractivity contribution in [2.45, 2.75) is 46.6 Å².